The van der Waals surface area contributed by atoms with Crippen molar-refractivity contribution in [3.8, 4) is 0 Å². The molecule has 4 rings (SSSR count). The Morgan fingerprint density at radius 2 is 2.00 bits per heavy atom. The summed E-state index contributed by atoms with van der Waals surface area (Å²) in [5, 5.41) is 8.97. The third-order valence-corrected chi connectivity index (χ3v) is 4.82. The molecule has 154 valence electrons. The van der Waals surface area contributed by atoms with Gasteiger partial charge in [-0.2, -0.15) is 0 Å². The van der Waals surface area contributed by atoms with Gasteiger partial charge in [0.1, 0.15) is 6.61 Å². The molecule has 30 heavy (non-hydrogen) atoms. The van der Waals surface area contributed by atoms with Crippen molar-refractivity contribution in [2.75, 3.05) is 17.2 Å². The smallest absolute Gasteiger partial charge is 0.411 e. The highest BCUT2D eigenvalue weighted by atomic mass is 35.5. The number of fused-ring (bicyclic) bond motifs is 1. The Morgan fingerprint density at radius 3 is 2.83 bits per heavy atom. The van der Waals surface area contributed by atoms with Crippen molar-refractivity contribution in [3.63, 3.8) is 0 Å². The number of hydrogen-bond donors (Lipinski definition) is 3. The number of anilines is 2. The van der Waals surface area contributed by atoms with Crippen LogP contribution in [0.5, 0.6) is 0 Å². The van der Waals surface area contributed by atoms with Gasteiger partial charge in [-0.1, -0.05) is 41.9 Å². The van der Waals surface area contributed by atoms with E-state index in [1.165, 1.54) is 12.1 Å². The Balaban J connectivity index is 1.41. The monoisotopic (exact) mass is 425 g/mol. The molecule has 2 heterocycles. The molecule has 0 aliphatic carbocycles. The Hall–Kier alpha value is -3.36. The fraction of sp³-hybridized carbons (Fsp3) is 0.190. The molecule has 3 aromatic rings. The number of rotatable bonds is 5. The second kappa shape index (κ2) is 8.98. The van der Waals surface area contributed by atoms with E-state index in [-0.39, 0.29) is 12.5 Å². The molecule has 0 saturated heterocycles. The molecule has 2 amide bonds. The number of ether oxygens (including phenoxy) is 1. The van der Waals surface area contributed by atoms with E-state index < -0.39 is 6.09 Å². The molecule has 0 fully saturated rings. The highest BCUT2D eigenvalue weighted by Gasteiger charge is 2.17. The number of carbonyl (C=O) groups is 2. The molecule has 8 nitrogen and oxygen atoms in total. The molecule has 1 aromatic heterocycles. The molecule has 0 unspecified atom stereocenters. The minimum absolute atomic E-state index is 0.139. The van der Waals surface area contributed by atoms with E-state index in [1.807, 2.05) is 34.9 Å². The highest BCUT2D eigenvalue weighted by molar-refractivity contribution is 6.31. The lowest BCUT2D eigenvalue weighted by molar-refractivity contribution is 0.102. The van der Waals surface area contributed by atoms with E-state index in [0.717, 1.165) is 24.3 Å². The molecular formula is C21H20ClN5O3. The van der Waals surface area contributed by atoms with Crippen LogP contribution in [0, 0.1) is 0 Å². The minimum Gasteiger partial charge on any atom is -0.444 e. The maximum absolute atomic E-state index is 12.7. The maximum atomic E-state index is 12.7. The first-order chi connectivity index (χ1) is 14.6. The Kier molecular flexibility index (Phi) is 5.97. The topological polar surface area (TPSA) is 97.3 Å². The van der Waals surface area contributed by atoms with Gasteiger partial charge in [-0.15, -0.1) is 0 Å². The van der Waals surface area contributed by atoms with Crippen LogP contribution in [-0.4, -0.2) is 28.1 Å². The molecule has 1 aliphatic heterocycles. The van der Waals surface area contributed by atoms with Gasteiger partial charge < -0.3 is 14.6 Å². The number of imidazole rings is 1. The first-order valence-corrected chi connectivity index (χ1v) is 9.81. The number of aromatic nitrogens is 2. The van der Waals surface area contributed by atoms with Crippen molar-refractivity contribution in [2.24, 2.45) is 0 Å². The maximum Gasteiger partial charge on any atom is 0.411 e. The predicted molar refractivity (Wildman–Crippen MR) is 114 cm³/mol. The van der Waals surface area contributed by atoms with Gasteiger partial charge in [-0.05, 0) is 23.8 Å². The Bertz CT molecular complexity index is 1070. The number of hydrogen-bond acceptors (Lipinski definition) is 5. The third kappa shape index (κ3) is 4.79. The number of nitrogens with one attached hydrogen (secondary N) is 3. The van der Waals surface area contributed by atoms with E-state index in [2.05, 4.69) is 20.9 Å². The van der Waals surface area contributed by atoms with Gasteiger partial charge in [0, 0.05) is 35.9 Å². The molecule has 3 N–H and O–H groups in total. The van der Waals surface area contributed by atoms with Crippen LogP contribution < -0.4 is 16.0 Å². The summed E-state index contributed by atoms with van der Waals surface area (Å²) in [7, 11) is 0. The van der Waals surface area contributed by atoms with Gasteiger partial charge in [0.25, 0.3) is 5.91 Å². The van der Waals surface area contributed by atoms with Crippen molar-refractivity contribution in [2.45, 2.75) is 19.7 Å². The molecule has 2 aromatic carbocycles. The van der Waals surface area contributed by atoms with Gasteiger partial charge in [0.2, 0.25) is 5.95 Å². The van der Waals surface area contributed by atoms with Crippen LogP contribution in [0.25, 0.3) is 0 Å². The standard InChI is InChI=1S/C21H20ClN5O3/c22-16-8-15(19(28)26-20-24-12-18-11-23-6-7-27(18)20)9-17(10-16)25-21(29)30-13-14-4-2-1-3-5-14/h1-5,8-10,12,23H,6-7,11,13H2,(H,25,29)(H,24,26,28). The van der Waals surface area contributed by atoms with Crippen LogP contribution in [0.2, 0.25) is 5.02 Å². The molecular weight excluding hydrogens is 406 g/mol. The molecule has 0 atom stereocenters. The molecule has 0 bridgehead atoms. The molecule has 1 aliphatic rings. The fourth-order valence-corrected chi connectivity index (χ4v) is 3.39. The van der Waals surface area contributed by atoms with Crippen LogP contribution >= 0.6 is 11.6 Å². The van der Waals surface area contributed by atoms with Crippen LogP contribution in [0.1, 0.15) is 21.6 Å². The Morgan fingerprint density at radius 1 is 1.17 bits per heavy atom. The average molecular weight is 426 g/mol. The minimum atomic E-state index is -0.637. The van der Waals surface area contributed by atoms with Crippen LogP contribution in [-0.2, 0) is 24.4 Å². The summed E-state index contributed by atoms with van der Waals surface area (Å²) in [6, 6.07) is 14.0. The number of benzene rings is 2. The van der Waals surface area contributed by atoms with Crippen molar-refractivity contribution >= 4 is 35.2 Å². The lowest BCUT2D eigenvalue weighted by Crippen LogP contribution is -2.29. The number of halogens is 1. The van der Waals surface area contributed by atoms with Gasteiger partial charge >= 0.3 is 6.09 Å². The van der Waals surface area contributed by atoms with E-state index in [4.69, 9.17) is 16.3 Å². The summed E-state index contributed by atoms with van der Waals surface area (Å²) in [5.41, 5.74) is 2.54. The first-order valence-electron chi connectivity index (χ1n) is 9.43. The van der Waals surface area contributed by atoms with E-state index >= 15 is 0 Å². The summed E-state index contributed by atoms with van der Waals surface area (Å²) in [5.74, 6) is 0.110. The van der Waals surface area contributed by atoms with Crippen LogP contribution in [0.4, 0.5) is 16.4 Å². The lowest BCUT2D eigenvalue weighted by atomic mass is 10.2. The average Bonchev–Trinajstić information content (AvgIpc) is 3.15. The number of nitrogens with zero attached hydrogens (tertiary/aromatic N) is 2. The highest BCUT2D eigenvalue weighted by Crippen LogP contribution is 2.21. The quantitative estimate of drug-likeness (QED) is 0.579. The molecule has 0 spiro atoms. The summed E-state index contributed by atoms with van der Waals surface area (Å²) in [4.78, 5) is 29.1. The first kappa shape index (κ1) is 19.9. The fourth-order valence-electron chi connectivity index (χ4n) is 3.15. The van der Waals surface area contributed by atoms with E-state index in [1.54, 1.807) is 12.3 Å². The summed E-state index contributed by atoms with van der Waals surface area (Å²) in [6.07, 6.45) is 1.09. The van der Waals surface area contributed by atoms with Crippen molar-refractivity contribution in [1.29, 1.82) is 0 Å². The van der Waals surface area contributed by atoms with Crippen molar-refractivity contribution in [1.82, 2.24) is 14.9 Å². The number of amides is 2. The largest absolute Gasteiger partial charge is 0.444 e. The molecule has 9 heteroatoms. The van der Waals surface area contributed by atoms with Gasteiger partial charge in [-0.25, -0.2) is 9.78 Å². The van der Waals surface area contributed by atoms with Crippen molar-refractivity contribution in [3.05, 3.63) is 76.6 Å². The zero-order chi connectivity index (χ0) is 20.9. The normalized spacial score (nSPS) is 12.7. The van der Waals surface area contributed by atoms with Crippen LogP contribution in [0.15, 0.2) is 54.7 Å². The second-order valence-corrected chi connectivity index (χ2v) is 7.21. The molecule has 0 saturated carbocycles. The zero-order valence-corrected chi connectivity index (χ0v) is 16.8. The summed E-state index contributed by atoms with van der Waals surface area (Å²) in [6.45, 7) is 2.38. The second-order valence-electron chi connectivity index (χ2n) is 6.77. The third-order valence-electron chi connectivity index (χ3n) is 4.60. The van der Waals surface area contributed by atoms with Crippen LogP contribution in [0.3, 0.4) is 0 Å². The number of carbonyl (C=O) groups excluding carboxylic acids is 2. The SMILES string of the molecule is O=C(Nc1cc(Cl)cc(C(=O)Nc2ncc3n2CCNC3)c1)OCc1ccccc1. The van der Waals surface area contributed by atoms with Crippen molar-refractivity contribution < 1.29 is 14.3 Å². The summed E-state index contributed by atoms with van der Waals surface area (Å²) < 4.78 is 7.16. The van der Waals surface area contributed by atoms with Gasteiger partial charge in [0.05, 0.1) is 11.9 Å². The van der Waals surface area contributed by atoms with E-state index in [0.29, 0.717) is 28.8 Å². The zero-order valence-electron chi connectivity index (χ0n) is 16.0. The Labute approximate surface area is 178 Å². The molecule has 0 radical (unpaired) electrons. The predicted octanol–water partition coefficient (Wildman–Crippen LogP) is 3.64. The van der Waals surface area contributed by atoms with Gasteiger partial charge in [0.15, 0.2) is 0 Å². The summed E-state index contributed by atoms with van der Waals surface area (Å²) >= 11 is 6.15. The van der Waals surface area contributed by atoms with E-state index in [9.17, 15) is 9.59 Å². The van der Waals surface area contributed by atoms with Gasteiger partial charge in [-0.3, -0.25) is 15.4 Å². The lowest BCUT2D eigenvalue weighted by Gasteiger charge is -2.17.